The smallest absolute Gasteiger partial charge is 0.205 e. The van der Waals surface area contributed by atoms with Crippen LogP contribution in [0.4, 0.5) is 0 Å². The Morgan fingerprint density at radius 1 is 1.33 bits per heavy atom. The summed E-state index contributed by atoms with van der Waals surface area (Å²) >= 11 is 2.00. The highest BCUT2D eigenvalue weighted by molar-refractivity contribution is 14.1. The van der Waals surface area contributed by atoms with Gasteiger partial charge in [-0.25, -0.2) is 0 Å². The summed E-state index contributed by atoms with van der Waals surface area (Å²) < 4.78 is 5.98. The summed E-state index contributed by atoms with van der Waals surface area (Å²) in [6, 6.07) is 5.79. The van der Waals surface area contributed by atoms with E-state index in [0.717, 1.165) is 5.56 Å². The first-order chi connectivity index (χ1) is 7.09. The van der Waals surface area contributed by atoms with Crippen LogP contribution in [-0.4, -0.2) is 0 Å². The zero-order chi connectivity index (χ0) is 11.0. The van der Waals surface area contributed by atoms with Gasteiger partial charge in [0.2, 0.25) is 5.43 Å². The Bertz CT molecular complexity index is 555. The van der Waals surface area contributed by atoms with Crippen LogP contribution in [-0.2, 0) is 0 Å². The third kappa shape index (κ3) is 1.93. The number of fused-ring (bicyclic) bond motifs is 1. The first-order valence-corrected chi connectivity index (χ1v) is 5.88. The van der Waals surface area contributed by atoms with Crippen molar-refractivity contribution in [3.8, 4) is 0 Å². The van der Waals surface area contributed by atoms with Crippen molar-refractivity contribution >= 4 is 33.6 Å². The molecule has 0 fully saturated rings. The van der Waals surface area contributed by atoms with E-state index in [9.17, 15) is 4.79 Å². The molecule has 0 saturated heterocycles. The van der Waals surface area contributed by atoms with Crippen LogP contribution in [0.15, 0.2) is 33.7 Å². The van der Waals surface area contributed by atoms with Crippen LogP contribution in [0, 0.1) is 3.57 Å². The van der Waals surface area contributed by atoms with E-state index in [4.69, 9.17) is 4.42 Å². The van der Waals surface area contributed by atoms with Crippen molar-refractivity contribution in [1.29, 1.82) is 0 Å². The van der Waals surface area contributed by atoms with E-state index in [2.05, 4.69) is 13.8 Å². The Hall–Kier alpha value is -0.840. The molecule has 0 N–H and O–H groups in total. The molecule has 3 heteroatoms. The molecule has 1 aromatic carbocycles. The summed E-state index contributed by atoms with van der Waals surface area (Å²) in [6.45, 7) is 4.22. The van der Waals surface area contributed by atoms with Gasteiger partial charge in [0.15, 0.2) is 0 Å². The average Bonchev–Trinajstić information content (AvgIpc) is 2.23. The van der Waals surface area contributed by atoms with Gasteiger partial charge in [-0.15, -0.1) is 0 Å². The highest BCUT2D eigenvalue weighted by atomic mass is 127. The van der Waals surface area contributed by atoms with Gasteiger partial charge in [0.1, 0.15) is 11.8 Å². The summed E-state index contributed by atoms with van der Waals surface area (Å²) in [6.07, 6.45) is 1.50. The second kappa shape index (κ2) is 3.96. The highest BCUT2D eigenvalue weighted by Crippen LogP contribution is 2.19. The molecule has 1 heterocycles. The minimum atomic E-state index is 0.0550. The van der Waals surface area contributed by atoms with Gasteiger partial charge in [0.25, 0.3) is 0 Å². The molecule has 2 aromatic rings. The van der Waals surface area contributed by atoms with Crippen molar-refractivity contribution in [3.63, 3.8) is 0 Å². The molecule has 2 nitrogen and oxygen atoms in total. The van der Waals surface area contributed by atoms with Crippen LogP contribution in [0.2, 0.25) is 0 Å². The van der Waals surface area contributed by atoms with Crippen LogP contribution in [0.5, 0.6) is 0 Å². The molecule has 0 atom stereocenters. The molecule has 0 amide bonds. The SMILES string of the molecule is CC(C)c1ccc2occ(I)c(=O)c2c1. The summed E-state index contributed by atoms with van der Waals surface area (Å²) in [7, 11) is 0. The van der Waals surface area contributed by atoms with Gasteiger partial charge in [-0.05, 0) is 46.2 Å². The van der Waals surface area contributed by atoms with E-state index >= 15 is 0 Å². The Balaban J connectivity index is 2.80. The van der Waals surface area contributed by atoms with Gasteiger partial charge in [-0.1, -0.05) is 19.9 Å². The van der Waals surface area contributed by atoms with E-state index in [1.165, 1.54) is 6.26 Å². The van der Waals surface area contributed by atoms with Gasteiger partial charge >= 0.3 is 0 Å². The molecular weight excluding hydrogens is 303 g/mol. The van der Waals surface area contributed by atoms with Crippen LogP contribution in [0.1, 0.15) is 25.3 Å². The topological polar surface area (TPSA) is 30.2 Å². The second-order valence-electron chi connectivity index (χ2n) is 3.82. The summed E-state index contributed by atoms with van der Waals surface area (Å²) in [5.74, 6) is 0.423. The Kier molecular flexibility index (Phi) is 2.82. The molecule has 78 valence electrons. The van der Waals surface area contributed by atoms with E-state index in [1.54, 1.807) is 0 Å². The minimum absolute atomic E-state index is 0.0550. The molecule has 0 bridgehead atoms. The maximum Gasteiger partial charge on any atom is 0.205 e. The third-order valence-electron chi connectivity index (χ3n) is 2.42. The molecule has 0 radical (unpaired) electrons. The quantitative estimate of drug-likeness (QED) is 0.754. The number of benzene rings is 1. The maximum absolute atomic E-state index is 11.8. The molecule has 2 rings (SSSR count). The van der Waals surface area contributed by atoms with Gasteiger partial charge in [-0.2, -0.15) is 0 Å². The van der Waals surface area contributed by atoms with Gasteiger partial charge in [0.05, 0.1) is 8.96 Å². The molecule has 1 aromatic heterocycles. The normalized spacial score (nSPS) is 11.2. The van der Waals surface area contributed by atoms with E-state index < -0.39 is 0 Å². The lowest BCUT2D eigenvalue weighted by molar-refractivity contribution is 0.598. The lowest BCUT2D eigenvalue weighted by Crippen LogP contribution is -2.05. The van der Waals surface area contributed by atoms with Crippen molar-refractivity contribution in [2.75, 3.05) is 0 Å². The fraction of sp³-hybridized carbons (Fsp3) is 0.250. The molecule has 0 unspecified atom stereocenters. The predicted molar refractivity (Wildman–Crippen MR) is 69.3 cm³/mol. The predicted octanol–water partition coefficient (Wildman–Crippen LogP) is 3.52. The Morgan fingerprint density at radius 3 is 2.73 bits per heavy atom. The number of halogens is 1. The van der Waals surface area contributed by atoms with Crippen molar-refractivity contribution in [3.05, 3.63) is 43.8 Å². The summed E-state index contributed by atoms with van der Waals surface area (Å²) in [5.41, 5.74) is 1.88. The minimum Gasteiger partial charge on any atom is -0.463 e. The van der Waals surface area contributed by atoms with Crippen molar-refractivity contribution in [2.24, 2.45) is 0 Å². The molecule has 0 spiro atoms. The highest BCUT2D eigenvalue weighted by Gasteiger charge is 2.07. The monoisotopic (exact) mass is 314 g/mol. The van der Waals surface area contributed by atoms with Gasteiger partial charge in [0, 0.05) is 0 Å². The van der Waals surface area contributed by atoms with Crippen LogP contribution in [0.25, 0.3) is 11.0 Å². The Labute approximate surface area is 101 Å². The van der Waals surface area contributed by atoms with Gasteiger partial charge in [-0.3, -0.25) is 4.79 Å². The van der Waals surface area contributed by atoms with Crippen LogP contribution >= 0.6 is 22.6 Å². The maximum atomic E-state index is 11.8. The first-order valence-electron chi connectivity index (χ1n) is 4.80. The fourth-order valence-electron chi connectivity index (χ4n) is 1.48. The Morgan fingerprint density at radius 2 is 2.07 bits per heavy atom. The van der Waals surface area contributed by atoms with Gasteiger partial charge < -0.3 is 4.42 Å². The second-order valence-corrected chi connectivity index (χ2v) is 4.99. The van der Waals surface area contributed by atoms with E-state index in [-0.39, 0.29) is 5.43 Å². The number of hydrogen-bond donors (Lipinski definition) is 0. The van der Waals surface area contributed by atoms with Crippen molar-refractivity contribution in [2.45, 2.75) is 19.8 Å². The van der Waals surface area contributed by atoms with E-state index in [1.807, 2.05) is 40.8 Å². The molecule has 15 heavy (non-hydrogen) atoms. The summed E-state index contributed by atoms with van der Waals surface area (Å²) in [5, 5.41) is 0.674. The number of rotatable bonds is 1. The van der Waals surface area contributed by atoms with Crippen LogP contribution < -0.4 is 5.43 Å². The molecule has 0 aliphatic rings. The molecular formula is C12H11IO2. The average molecular weight is 314 g/mol. The lowest BCUT2D eigenvalue weighted by atomic mass is 10.0. The van der Waals surface area contributed by atoms with Crippen molar-refractivity contribution < 1.29 is 4.42 Å². The third-order valence-corrected chi connectivity index (χ3v) is 3.17. The standard InChI is InChI=1S/C12H11IO2/c1-7(2)8-3-4-11-9(5-8)12(14)10(13)6-15-11/h3-7H,1-2H3. The molecule has 0 aliphatic heterocycles. The first kappa shape index (κ1) is 10.7. The fourth-order valence-corrected chi connectivity index (χ4v) is 1.90. The molecule has 0 aliphatic carbocycles. The van der Waals surface area contributed by atoms with E-state index in [0.29, 0.717) is 20.5 Å². The lowest BCUT2D eigenvalue weighted by Gasteiger charge is -2.05. The zero-order valence-electron chi connectivity index (χ0n) is 8.58. The number of hydrogen-bond acceptors (Lipinski definition) is 2. The van der Waals surface area contributed by atoms with Crippen molar-refractivity contribution in [1.82, 2.24) is 0 Å². The van der Waals surface area contributed by atoms with Crippen LogP contribution in [0.3, 0.4) is 0 Å². The zero-order valence-corrected chi connectivity index (χ0v) is 10.7. The largest absolute Gasteiger partial charge is 0.463 e. The molecule has 0 saturated carbocycles. The summed E-state index contributed by atoms with van der Waals surface area (Å²) in [4.78, 5) is 11.8.